The fraction of sp³-hybridized carbons (Fsp3) is 0.125. The molecule has 0 saturated carbocycles. The van der Waals surface area contributed by atoms with Crippen molar-refractivity contribution in [2.75, 3.05) is 0 Å². The number of aliphatic carboxylic acids is 1. The van der Waals surface area contributed by atoms with Crippen LogP contribution in [0.25, 0.3) is 22.0 Å². The topological polar surface area (TPSA) is 66.0 Å². The van der Waals surface area contributed by atoms with Gasteiger partial charge in [0, 0.05) is 12.0 Å². The Bertz CT molecular complexity index is 762. The Morgan fingerprint density at radius 3 is 2.75 bits per heavy atom. The molecule has 0 aliphatic heterocycles. The summed E-state index contributed by atoms with van der Waals surface area (Å²) in [5, 5.41) is 11.0. The van der Waals surface area contributed by atoms with Crippen molar-refractivity contribution >= 4 is 16.7 Å². The number of hydrogen-bond donors (Lipinski definition) is 2. The highest BCUT2D eigenvalue weighted by atomic mass is 16.4. The largest absolute Gasteiger partial charge is 0.481 e. The van der Waals surface area contributed by atoms with Crippen LogP contribution in [0.4, 0.5) is 0 Å². The van der Waals surface area contributed by atoms with E-state index in [-0.39, 0.29) is 6.42 Å². The van der Waals surface area contributed by atoms with Gasteiger partial charge in [-0.15, -0.1) is 0 Å². The molecule has 0 saturated heterocycles. The Morgan fingerprint density at radius 1 is 1.15 bits per heavy atom. The van der Waals surface area contributed by atoms with Crippen LogP contribution in [0, 0.1) is 0 Å². The van der Waals surface area contributed by atoms with Gasteiger partial charge in [0.25, 0.3) is 0 Å². The minimum Gasteiger partial charge on any atom is -0.481 e. The van der Waals surface area contributed by atoms with Gasteiger partial charge in [-0.1, -0.05) is 36.4 Å². The van der Waals surface area contributed by atoms with Crippen molar-refractivity contribution in [3.8, 4) is 11.3 Å². The summed E-state index contributed by atoms with van der Waals surface area (Å²) in [5.74, 6) is -0.107. The molecular weight excluding hydrogens is 252 g/mol. The van der Waals surface area contributed by atoms with E-state index in [1.165, 1.54) is 10.8 Å². The summed E-state index contributed by atoms with van der Waals surface area (Å²) in [5.41, 5.74) is 1.97. The molecule has 4 heteroatoms. The number of benzene rings is 2. The number of carbonyl (C=O) groups is 1. The third-order valence-corrected chi connectivity index (χ3v) is 3.26. The zero-order valence-electron chi connectivity index (χ0n) is 10.8. The van der Waals surface area contributed by atoms with Crippen LogP contribution < -0.4 is 0 Å². The van der Waals surface area contributed by atoms with E-state index >= 15 is 0 Å². The molecule has 3 aromatic rings. The molecule has 2 N–H and O–H groups in total. The number of carboxylic acid groups (broad SMARTS) is 1. The van der Waals surface area contributed by atoms with E-state index in [9.17, 15) is 4.79 Å². The number of imidazole rings is 1. The van der Waals surface area contributed by atoms with Crippen molar-refractivity contribution in [1.29, 1.82) is 0 Å². The second-order valence-corrected chi connectivity index (χ2v) is 4.70. The van der Waals surface area contributed by atoms with Crippen LogP contribution in [0.3, 0.4) is 0 Å². The van der Waals surface area contributed by atoms with Gasteiger partial charge in [0.2, 0.25) is 0 Å². The van der Waals surface area contributed by atoms with Crippen LogP contribution in [0.1, 0.15) is 12.2 Å². The molecule has 1 aromatic heterocycles. The lowest BCUT2D eigenvalue weighted by atomic mass is 10.1. The molecular formula is C16H14N2O2. The Hall–Kier alpha value is -2.62. The standard InChI is InChI=1S/C16H14N2O2/c19-16(20)8-7-15-17-10-14(18-15)13-6-5-11-3-1-2-4-12(11)9-13/h1-6,9-10H,7-8H2,(H,17,18)(H,19,20). The van der Waals surface area contributed by atoms with Crippen molar-refractivity contribution in [1.82, 2.24) is 9.97 Å². The van der Waals surface area contributed by atoms with Gasteiger partial charge in [-0.3, -0.25) is 4.79 Å². The number of H-pyrrole nitrogens is 1. The Kier molecular flexibility index (Phi) is 3.21. The third-order valence-electron chi connectivity index (χ3n) is 3.26. The lowest BCUT2D eigenvalue weighted by Crippen LogP contribution is -1.98. The maximum absolute atomic E-state index is 10.6. The van der Waals surface area contributed by atoms with Crippen molar-refractivity contribution in [2.45, 2.75) is 12.8 Å². The average molecular weight is 266 g/mol. The second kappa shape index (κ2) is 5.17. The average Bonchev–Trinajstić information content (AvgIpc) is 2.93. The second-order valence-electron chi connectivity index (χ2n) is 4.70. The number of fused-ring (bicyclic) bond motifs is 1. The number of nitrogens with zero attached hydrogens (tertiary/aromatic N) is 1. The van der Waals surface area contributed by atoms with Gasteiger partial charge in [0.1, 0.15) is 5.82 Å². The van der Waals surface area contributed by atoms with Gasteiger partial charge in [-0.05, 0) is 16.8 Å². The lowest BCUT2D eigenvalue weighted by Gasteiger charge is -2.01. The normalized spacial score (nSPS) is 10.8. The highest BCUT2D eigenvalue weighted by molar-refractivity contribution is 5.86. The fourth-order valence-electron chi connectivity index (χ4n) is 2.22. The van der Waals surface area contributed by atoms with Crippen LogP contribution in [0.2, 0.25) is 0 Å². The maximum atomic E-state index is 10.6. The molecule has 4 nitrogen and oxygen atoms in total. The Balaban J connectivity index is 1.89. The summed E-state index contributed by atoms with van der Waals surface area (Å²) in [6.45, 7) is 0. The van der Waals surface area contributed by atoms with Gasteiger partial charge in [-0.2, -0.15) is 0 Å². The van der Waals surface area contributed by atoms with Crippen molar-refractivity contribution in [3.05, 3.63) is 54.5 Å². The van der Waals surface area contributed by atoms with Gasteiger partial charge < -0.3 is 10.1 Å². The van der Waals surface area contributed by atoms with E-state index in [1.54, 1.807) is 6.20 Å². The van der Waals surface area contributed by atoms with E-state index in [1.807, 2.05) is 18.2 Å². The number of aryl methyl sites for hydroxylation is 1. The van der Waals surface area contributed by atoms with Crippen LogP contribution in [0.15, 0.2) is 48.7 Å². The summed E-state index contributed by atoms with van der Waals surface area (Å²) in [6, 6.07) is 14.4. The number of aromatic amines is 1. The molecule has 2 aromatic carbocycles. The summed E-state index contributed by atoms with van der Waals surface area (Å²) in [7, 11) is 0. The third kappa shape index (κ3) is 2.54. The molecule has 1 heterocycles. The quantitative estimate of drug-likeness (QED) is 0.761. The van der Waals surface area contributed by atoms with E-state index in [2.05, 4.69) is 34.2 Å². The first-order valence-corrected chi connectivity index (χ1v) is 6.47. The first kappa shape index (κ1) is 12.4. The molecule has 0 fully saturated rings. The van der Waals surface area contributed by atoms with Gasteiger partial charge in [0.15, 0.2) is 0 Å². The van der Waals surface area contributed by atoms with E-state index in [4.69, 9.17) is 5.11 Å². The predicted molar refractivity (Wildman–Crippen MR) is 77.5 cm³/mol. The van der Waals surface area contributed by atoms with Gasteiger partial charge >= 0.3 is 5.97 Å². The van der Waals surface area contributed by atoms with Crippen molar-refractivity contribution in [2.24, 2.45) is 0 Å². The number of nitrogens with one attached hydrogen (secondary N) is 1. The van der Waals surface area contributed by atoms with E-state index < -0.39 is 5.97 Å². The molecule has 0 aliphatic carbocycles. The Labute approximate surface area is 116 Å². The molecule has 0 radical (unpaired) electrons. The molecule has 0 atom stereocenters. The smallest absolute Gasteiger partial charge is 0.303 e. The van der Waals surface area contributed by atoms with Crippen LogP contribution in [-0.4, -0.2) is 21.0 Å². The SMILES string of the molecule is O=C(O)CCc1ncc(-c2ccc3ccccc3c2)[nH]1. The van der Waals surface area contributed by atoms with Crippen LogP contribution in [-0.2, 0) is 11.2 Å². The van der Waals surface area contributed by atoms with E-state index in [0.29, 0.717) is 12.2 Å². The van der Waals surface area contributed by atoms with Crippen LogP contribution in [0.5, 0.6) is 0 Å². The first-order valence-electron chi connectivity index (χ1n) is 6.47. The van der Waals surface area contributed by atoms with Gasteiger partial charge in [-0.25, -0.2) is 4.98 Å². The first-order chi connectivity index (χ1) is 9.72. The highest BCUT2D eigenvalue weighted by Gasteiger charge is 2.06. The zero-order valence-corrected chi connectivity index (χ0v) is 10.8. The molecule has 0 bridgehead atoms. The van der Waals surface area contributed by atoms with Crippen LogP contribution >= 0.6 is 0 Å². The molecule has 3 rings (SSSR count). The number of rotatable bonds is 4. The minimum atomic E-state index is -0.811. The van der Waals surface area contributed by atoms with Gasteiger partial charge in [0.05, 0.1) is 18.3 Å². The fourth-order valence-corrected chi connectivity index (χ4v) is 2.22. The van der Waals surface area contributed by atoms with Crippen molar-refractivity contribution < 1.29 is 9.90 Å². The molecule has 0 unspecified atom stereocenters. The summed E-state index contributed by atoms with van der Waals surface area (Å²) in [4.78, 5) is 18.0. The Morgan fingerprint density at radius 2 is 1.95 bits per heavy atom. The number of aromatic nitrogens is 2. The monoisotopic (exact) mass is 266 g/mol. The summed E-state index contributed by atoms with van der Waals surface area (Å²) in [6.07, 6.45) is 2.26. The highest BCUT2D eigenvalue weighted by Crippen LogP contribution is 2.23. The molecule has 100 valence electrons. The summed E-state index contributed by atoms with van der Waals surface area (Å²) < 4.78 is 0. The zero-order chi connectivity index (χ0) is 13.9. The predicted octanol–water partition coefficient (Wildman–Crippen LogP) is 3.25. The molecule has 0 aliphatic rings. The van der Waals surface area contributed by atoms with E-state index in [0.717, 1.165) is 11.3 Å². The molecule has 0 amide bonds. The molecule has 20 heavy (non-hydrogen) atoms. The molecule has 0 spiro atoms. The number of carboxylic acids is 1. The lowest BCUT2D eigenvalue weighted by molar-refractivity contribution is -0.137. The minimum absolute atomic E-state index is 0.0880. The van der Waals surface area contributed by atoms with Crippen molar-refractivity contribution in [3.63, 3.8) is 0 Å². The maximum Gasteiger partial charge on any atom is 0.303 e. The summed E-state index contributed by atoms with van der Waals surface area (Å²) >= 11 is 0. The number of hydrogen-bond acceptors (Lipinski definition) is 2.